The standard InChI is InChI=1S/C19H17N3O/c20-12-16-13-22(19(23)15-7-2-1-3-8-15)21-11-10-14-6-4-5-9-17(14)18(16)21/h1-9,16,18H,10-11,13H2/t16-,18+/m1/s1. The van der Waals surface area contributed by atoms with Crippen LogP contribution in [0.3, 0.4) is 0 Å². The van der Waals surface area contributed by atoms with Crippen LogP contribution in [0, 0.1) is 17.2 Å². The van der Waals surface area contributed by atoms with Gasteiger partial charge in [0, 0.05) is 12.1 Å². The zero-order valence-corrected chi connectivity index (χ0v) is 12.7. The quantitative estimate of drug-likeness (QED) is 0.814. The predicted octanol–water partition coefficient (Wildman–Crippen LogP) is 2.80. The van der Waals surface area contributed by atoms with Gasteiger partial charge in [-0.05, 0) is 29.7 Å². The molecular weight excluding hydrogens is 286 g/mol. The van der Waals surface area contributed by atoms with Gasteiger partial charge in [-0.15, -0.1) is 0 Å². The fraction of sp³-hybridized carbons (Fsp3) is 0.263. The molecule has 1 amide bonds. The second kappa shape index (κ2) is 5.53. The average molecular weight is 303 g/mol. The summed E-state index contributed by atoms with van der Waals surface area (Å²) in [6.07, 6.45) is 0.906. The van der Waals surface area contributed by atoms with E-state index in [4.69, 9.17) is 0 Å². The summed E-state index contributed by atoms with van der Waals surface area (Å²) < 4.78 is 0. The second-order valence-electron chi connectivity index (χ2n) is 6.05. The van der Waals surface area contributed by atoms with E-state index < -0.39 is 0 Å². The number of amides is 1. The predicted molar refractivity (Wildman–Crippen MR) is 86.2 cm³/mol. The van der Waals surface area contributed by atoms with Crippen LogP contribution in [0.2, 0.25) is 0 Å². The summed E-state index contributed by atoms with van der Waals surface area (Å²) in [6, 6.07) is 20.0. The molecule has 4 nitrogen and oxygen atoms in total. The van der Waals surface area contributed by atoms with E-state index in [2.05, 4.69) is 23.2 Å². The highest BCUT2D eigenvalue weighted by Crippen LogP contribution is 2.41. The number of hydrazine groups is 1. The van der Waals surface area contributed by atoms with Crippen molar-refractivity contribution in [1.29, 1.82) is 5.26 Å². The van der Waals surface area contributed by atoms with Crippen molar-refractivity contribution in [3.8, 4) is 6.07 Å². The minimum atomic E-state index is -0.191. The number of nitrogens with zero attached hydrogens (tertiary/aromatic N) is 3. The van der Waals surface area contributed by atoms with E-state index in [1.54, 1.807) is 5.01 Å². The van der Waals surface area contributed by atoms with Crippen molar-refractivity contribution in [1.82, 2.24) is 10.0 Å². The zero-order valence-electron chi connectivity index (χ0n) is 12.7. The van der Waals surface area contributed by atoms with Crippen LogP contribution in [0.1, 0.15) is 27.5 Å². The molecule has 4 rings (SSSR count). The molecule has 0 saturated carbocycles. The molecule has 0 spiro atoms. The first kappa shape index (κ1) is 14.0. The van der Waals surface area contributed by atoms with Crippen LogP contribution in [0.15, 0.2) is 54.6 Å². The molecule has 0 unspecified atom stereocenters. The van der Waals surface area contributed by atoms with Gasteiger partial charge in [-0.25, -0.2) is 5.01 Å². The molecule has 2 aromatic rings. The Hall–Kier alpha value is -2.64. The summed E-state index contributed by atoms with van der Waals surface area (Å²) in [5.41, 5.74) is 3.15. The Morgan fingerprint density at radius 2 is 1.83 bits per heavy atom. The van der Waals surface area contributed by atoms with Gasteiger partial charge >= 0.3 is 0 Å². The second-order valence-corrected chi connectivity index (χ2v) is 6.05. The number of hydrogen-bond donors (Lipinski definition) is 0. The van der Waals surface area contributed by atoms with Crippen molar-refractivity contribution in [3.63, 3.8) is 0 Å². The number of rotatable bonds is 1. The zero-order chi connectivity index (χ0) is 15.8. The van der Waals surface area contributed by atoms with Crippen LogP contribution < -0.4 is 0 Å². The maximum atomic E-state index is 12.9. The molecule has 23 heavy (non-hydrogen) atoms. The summed E-state index contributed by atoms with van der Waals surface area (Å²) in [5, 5.41) is 13.4. The Balaban J connectivity index is 1.71. The lowest BCUT2D eigenvalue weighted by Gasteiger charge is -2.36. The van der Waals surface area contributed by atoms with Crippen molar-refractivity contribution in [3.05, 3.63) is 71.3 Å². The Morgan fingerprint density at radius 1 is 1.09 bits per heavy atom. The minimum absolute atomic E-state index is 0.0161. The monoisotopic (exact) mass is 303 g/mol. The first-order valence-corrected chi connectivity index (χ1v) is 7.90. The lowest BCUT2D eigenvalue weighted by atomic mass is 9.88. The Kier molecular flexibility index (Phi) is 3.36. The van der Waals surface area contributed by atoms with Gasteiger partial charge in [0.1, 0.15) is 0 Å². The van der Waals surface area contributed by atoms with Gasteiger partial charge in [0.05, 0.1) is 24.6 Å². The van der Waals surface area contributed by atoms with E-state index in [0.717, 1.165) is 13.0 Å². The fourth-order valence-corrected chi connectivity index (χ4v) is 3.71. The molecule has 2 aromatic carbocycles. The molecular formula is C19H17N3O. The highest BCUT2D eigenvalue weighted by molar-refractivity contribution is 5.94. The summed E-state index contributed by atoms with van der Waals surface area (Å²) >= 11 is 0. The minimum Gasteiger partial charge on any atom is -0.269 e. The summed E-state index contributed by atoms with van der Waals surface area (Å²) in [5.74, 6) is -0.211. The lowest BCUT2D eigenvalue weighted by molar-refractivity contribution is -0.000467. The van der Waals surface area contributed by atoms with Crippen LogP contribution in [0.25, 0.3) is 0 Å². The molecule has 0 aromatic heterocycles. The molecule has 2 aliphatic heterocycles. The third-order valence-corrected chi connectivity index (χ3v) is 4.79. The van der Waals surface area contributed by atoms with E-state index in [1.165, 1.54) is 11.1 Å². The highest BCUT2D eigenvalue weighted by Gasteiger charge is 2.45. The molecule has 0 bridgehead atoms. The molecule has 2 atom stereocenters. The number of nitriles is 1. The normalized spacial score (nSPS) is 23.0. The number of fused-ring (bicyclic) bond motifs is 3. The van der Waals surface area contributed by atoms with Crippen LogP contribution in [-0.4, -0.2) is 29.0 Å². The molecule has 1 fully saturated rings. The molecule has 114 valence electrons. The highest BCUT2D eigenvalue weighted by atomic mass is 16.2. The van der Waals surface area contributed by atoms with Gasteiger partial charge in [-0.3, -0.25) is 9.80 Å². The Bertz CT molecular complexity index is 781. The SMILES string of the molecule is N#C[C@@H]1CN(C(=O)c2ccccc2)N2CCc3ccccc3[C@H]12. The van der Waals surface area contributed by atoms with Crippen LogP contribution in [0.5, 0.6) is 0 Å². The third-order valence-electron chi connectivity index (χ3n) is 4.79. The van der Waals surface area contributed by atoms with Gasteiger partial charge in [-0.1, -0.05) is 42.5 Å². The maximum Gasteiger partial charge on any atom is 0.268 e. The molecule has 2 heterocycles. The molecule has 0 N–H and O–H groups in total. The number of carbonyl (C=O) groups is 1. The third kappa shape index (κ3) is 2.21. The van der Waals surface area contributed by atoms with E-state index in [9.17, 15) is 10.1 Å². The van der Waals surface area contributed by atoms with Gasteiger partial charge in [0.15, 0.2) is 0 Å². The molecule has 2 aliphatic rings. The van der Waals surface area contributed by atoms with Crippen molar-refractivity contribution in [2.45, 2.75) is 12.5 Å². The summed E-state index contributed by atoms with van der Waals surface area (Å²) in [4.78, 5) is 12.9. The van der Waals surface area contributed by atoms with Gasteiger partial charge < -0.3 is 0 Å². The van der Waals surface area contributed by atoms with Crippen molar-refractivity contribution < 1.29 is 4.79 Å². The maximum absolute atomic E-state index is 12.9. The molecule has 4 heteroatoms. The van der Waals surface area contributed by atoms with Crippen molar-refractivity contribution in [2.75, 3.05) is 13.1 Å². The average Bonchev–Trinajstić information content (AvgIpc) is 3.01. The smallest absolute Gasteiger partial charge is 0.268 e. The number of benzene rings is 2. The van der Waals surface area contributed by atoms with E-state index >= 15 is 0 Å². The summed E-state index contributed by atoms with van der Waals surface area (Å²) in [7, 11) is 0. The number of carbonyl (C=O) groups excluding carboxylic acids is 1. The Labute approximate surface area is 135 Å². The van der Waals surface area contributed by atoms with Crippen molar-refractivity contribution >= 4 is 5.91 Å². The first-order chi connectivity index (χ1) is 11.3. The van der Waals surface area contributed by atoms with Crippen LogP contribution in [0.4, 0.5) is 0 Å². The van der Waals surface area contributed by atoms with Crippen LogP contribution in [-0.2, 0) is 6.42 Å². The number of hydrogen-bond acceptors (Lipinski definition) is 3. The summed E-state index contributed by atoms with van der Waals surface area (Å²) in [6.45, 7) is 1.24. The Morgan fingerprint density at radius 3 is 2.61 bits per heavy atom. The van der Waals surface area contributed by atoms with Crippen molar-refractivity contribution in [2.24, 2.45) is 5.92 Å². The molecule has 0 radical (unpaired) electrons. The molecule has 1 saturated heterocycles. The first-order valence-electron chi connectivity index (χ1n) is 7.90. The van der Waals surface area contributed by atoms with E-state index in [0.29, 0.717) is 12.1 Å². The van der Waals surface area contributed by atoms with E-state index in [-0.39, 0.29) is 17.9 Å². The molecule has 0 aliphatic carbocycles. The fourth-order valence-electron chi connectivity index (χ4n) is 3.71. The van der Waals surface area contributed by atoms with Gasteiger partial charge in [0.25, 0.3) is 5.91 Å². The van der Waals surface area contributed by atoms with Crippen LogP contribution >= 0.6 is 0 Å². The van der Waals surface area contributed by atoms with E-state index in [1.807, 2.05) is 42.5 Å². The van der Waals surface area contributed by atoms with Gasteiger partial charge in [0.2, 0.25) is 0 Å². The van der Waals surface area contributed by atoms with Gasteiger partial charge in [-0.2, -0.15) is 5.26 Å². The lowest BCUT2D eigenvalue weighted by Crippen LogP contribution is -2.45. The largest absolute Gasteiger partial charge is 0.269 e. The topological polar surface area (TPSA) is 47.3 Å².